The first-order valence-electron chi connectivity index (χ1n) is 7.74. The van der Waals surface area contributed by atoms with Crippen LogP contribution in [0.1, 0.15) is 38.9 Å². The zero-order valence-electron chi connectivity index (χ0n) is 12.2. The van der Waals surface area contributed by atoms with Crippen molar-refractivity contribution in [2.24, 2.45) is 5.41 Å². The van der Waals surface area contributed by atoms with Gasteiger partial charge in [0.15, 0.2) is 0 Å². The number of aryl methyl sites for hydroxylation is 1. The zero-order valence-corrected chi connectivity index (χ0v) is 12.2. The fourth-order valence-corrected chi connectivity index (χ4v) is 3.71. The van der Waals surface area contributed by atoms with Crippen molar-refractivity contribution in [3.8, 4) is 0 Å². The van der Waals surface area contributed by atoms with Crippen LogP contribution in [-0.2, 0) is 13.1 Å². The van der Waals surface area contributed by atoms with Crippen molar-refractivity contribution in [3.05, 3.63) is 18.2 Å². The Balaban J connectivity index is 1.66. The summed E-state index contributed by atoms with van der Waals surface area (Å²) in [6, 6.07) is 0.793. The van der Waals surface area contributed by atoms with E-state index in [0.29, 0.717) is 5.41 Å². The Labute approximate surface area is 116 Å². The summed E-state index contributed by atoms with van der Waals surface area (Å²) in [7, 11) is 0. The molecule has 4 heteroatoms. The first kappa shape index (κ1) is 13.1. The average molecular weight is 262 g/mol. The first-order chi connectivity index (χ1) is 9.29. The Morgan fingerprint density at radius 1 is 1.42 bits per heavy atom. The summed E-state index contributed by atoms with van der Waals surface area (Å²) in [6.07, 6.45) is 8.14. The lowest BCUT2D eigenvalue weighted by molar-refractivity contribution is 0.198. The third kappa shape index (κ3) is 2.43. The summed E-state index contributed by atoms with van der Waals surface area (Å²) < 4.78 is 2.26. The lowest BCUT2D eigenvalue weighted by Crippen LogP contribution is -2.36. The van der Waals surface area contributed by atoms with Crippen LogP contribution in [0.3, 0.4) is 0 Å². The molecule has 3 rings (SSSR count). The van der Waals surface area contributed by atoms with Crippen LogP contribution in [0.15, 0.2) is 12.4 Å². The summed E-state index contributed by atoms with van der Waals surface area (Å²) in [4.78, 5) is 7.17. The maximum Gasteiger partial charge on any atom is 0.122 e. The third-order valence-electron chi connectivity index (χ3n) is 5.08. The number of hydrogen-bond acceptors (Lipinski definition) is 3. The van der Waals surface area contributed by atoms with Crippen LogP contribution < -0.4 is 5.32 Å². The molecule has 1 aliphatic heterocycles. The molecule has 1 spiro atoms. The van der Waals surface area contributed by atoms with E-state index >= 15 is 0 Å². The van der Waals surface area contributed by atoms with E-state index in [2.05, 4.69) is 39.8 Å². The molecule has 1 saturated carbocycles. The number of imidazole rings is 1. The molecule has 1 unspecified atom stereocenters. The second kappa shape index (κ2) is 5.25. The van der Waals surface area contributed by atoms with Gasteiger partial charge in [0.05, 0.1) is 6.54 Å². The van der Waals surface area contributed by atoms with Crippen molar-refractivity contribution in [3.63, 3.8) is 0 Å². The smallest absolute Gasteiger partial charge is 0.122 e. The van der Waals surface area contributed by atoms with Crippen LogP contribution in [0.5, 0.6) is 0 Å². The summed E-state index contributed by atoms with van der Waals surface area (Å²) in [5.74, 6) is 1.22. The molecular weight excluding hydrogens is 236 g/mol. The van der Waals surface area contributed by atoms with Crippen LogP contribution >= 0.6 is 0 Å². The highest BCUT2D eigenvalue weighted by Gasteiger charge is 2.56. The third-order valence-corrected chi connectivity index (χ3v) is 5.08. The highest BCUT2D eigenvalue weighted by atomic mass is 15.2. The van der Waals surface area contributed by atoms with Gasteiger partial charge in [0.25, 0.3) is 0 Å². The molecule has 1 aliphatic carbocycles. The molecule has 1 N–H and O–H groups in total. The molecule has 1 saturated heterocycles. The number of nitrogens with one attached hydrogen (secondary N) is 1. The van der Waals surface area contributed by atoms with Gasteiger partial charge in [0.2, 0.25) is 0 Å². The predicted octanol–water partition coefficient (Wildman–Crippen LogP) is 1.87. The normalized spacial score (nSPS) is 25.1. The van der Waals surface area contributed by atoms with Gasteiger partial charge in [-0.1, -0.05) is 6.92 Å². The molecule has 0 amide bonds. The summed E-state index contributed by atoms with van der Waals surface area (Å²) in [5.41, 5.74) is 0.630. The van der Waals surface area contributed by atoms with Crippen molar-refractivity contribution < 1.29 is 0 Å². The van der Waals surface area contributed by atoms with Gasteiger partial charge in [-0.05, 0) is 51.2 Å². The zero-order chi connectivity index (χ0) is 13.3. The molecule has 1 aromatic rings. The lowest BCUT2D eigenvalue weighted by atomic mass is 9.93. The van der Waals surface area contributed by atoms with E-state index in [1.165, 1.54) is 38.2 Å². The van der Waals surface area contributed by atoms with E-state index < -0.39 is 0 Å². The predicted molar refractivity (Wildman–Crippen MR) is 76.9 cm³/mol. The Bertz CT molecular complexity index is 420. The van der Waals surface area contributed by atoms with Crippen molar-refractivity contribution in [1.29, 1.82) is 0 Å². The number of nitrogens with zero attached hydrogens (tertiary/aromatic N) is 3. The fraction of sp³-hybridized carbons (Fsp3) is 0.800. The molecule has 4 nitrogen and oxygen atoms in total. The molecule has 1 atom stereocenters. The van der Waals surface area contributed by atoms with Crippen molar-refractivity contribution >= 4 is 0 Å². The van der Waals surface area contributed by atoms with E-state index in [1.807, 2.05) is 6.20 Å². The first-order valence-corrected chi connectivity index (χ1v) is 7.74. The van der Waals surface area contributed by atoms with Crippen LogP contribution in [0.25, 0.3) is 0 Å². The lowest BCUT2D eigenvalue weighted by Gasteiger charge is -2.28. The molecule has 19 heavy (non-hydrogen) atoms. The molecule has 2 aliphatic rings. The second-order valence-electron chi connectivity index (χ2n) is 6.02. The van der Waals surface area contributed by atoms with E-state index in [4.69, 9.17) is 0 Å². The molecule has 1 aromatic heterocycles. The Morgan fingerprint density at radius 3 is 2.89 bits per heavy atom. The highest BCUT2D eigenvalue weighted by molar-refractivity contribution is 5.11. The van der Waals surface area contributed by atoms with E-state index in [-0.39, 0.29) is 0 Å². The molecular formula is C15H26N4. The van der Waals surface area contributed by atoms with Crippen LogP contribution in [0.4, 0.5) is 0 Å². The minimum atomic E-state index is 0.630. The van der Waals surface area contributed by atoms with Crippen molar-refractivity contribution in [2.75, 3.05) is 19.6 Å². The summed E-state index contributed by atoms with van der Waals surface area (Å²) in [5, 5.41) is 3.49. The monoisotopic (exact) mass is 262 g/mol. The number of aromatic nitrogens is 2. The van der Waals surface area contributed by atoms with E-state index in [0.717, 1.165) is 25.7 Å². The van der Waals surface area contributed by atoms with Gasteiger partial charge in [-0.25, -0.2) is 4.98 Å². The Kier molecular flexibility index (Phi) is 3.63. The maximum atomic E-state index is 4.53. The molecule has 0 aromatic carbocycles. The minimum Gasteiger partial charge on any atom is -0.334 e. The molecule has 106 valence electrons. The fourth-order valence-electron chi connectivity index (χ4n) is 3.71. The van der Waals surface area contributed by atoms with Gasteiger partial charge < -0.3 is 9.88 Å². The van der Waals surface area contributed by atoms with E-state index in [1.54, 1.807) is 0 Å². The topological polar surface area (TPSA) is 33.1 Å². The number of hydrogen-bond donors (Lipinski definition) is 1. The highest BCUT2D eigenvalue weighted by Crippen LogP contribution is 2.55. The number of piperidine rings is 1. The van der Waals surface area contributed by atoms with Gasteiger partial charge in [-0.15, -0.1) is 0 Å². The molecule has 0 bridgehead atoms. The van der Waals surface area contributed by atoms with Crippen molar-refractivity contribution in [1.82, 2.24) is 19.8 Å². The van der Waals surface area contributed by atoms with Gasteiger partial charge in [0.1, 0.15) is 5.82 Å². The van der Waals surface area contributed by atoms with Gasteiger partial charge in [-0.3, -0.25) is 4.90 Å². The molecule has 0 radical (unpaired) electrons. The average Bonchev–Trinajstić information content (AvgIpc) is 2.94. The Hall–Kier alpha value is -0.870. The largest absolute Gasteiger partial charge is 0.334 e. The van der Waals surface area contributed by atoms with Crippen LogP contribution in [-0.4, -0.2) is 40.1 Å². The Morgan fingerprint density at radius 2 is 2.21 bits per heavy atom. The standard InChI is InChI=1S/C15H26N4/c1-3-18-10-9-17-14(18)12-19(4-2)13-11-15(13)5-7-16-8-6-15/h9-10,13,16H,3-8,11-12H2,1-2H3. The molecule has 2 fully saturated rings. The SMILES string of the molecule is CCN(Cc1nccn1CC)C1CC12CCNCC2. The number of rotatable bonds is 5. The van der Waals surface area contributed by atoms with Gasteiger partial charge in [0, 0.05) is 25.0 Å². The second-order valence-corrected chi connectivity index (χ2v) is 6.02. The van der Waals surface area contributed by atoms with Crippen LogP contribution in [0, 0.1) is 5.41 Å². The van der Waals surface area contributed by atoms with Gasteiger partial charge >= 0.3 is 0 Å². The van der Waals surface area contributed by atoms with Gasteiger partial charge in [-0.2, -0.15) is 0 Å². The van der Waals surface area contributed by atoms with E-state index in [9.17, 15) is 0 Å². The molecule has 2 heterocycles. The quantitative estimate of drug-likeness (QED) is 0.879. The summed E-state index contributed by atoms with van der Waals surface area (Å²) in [6.45, 7) is 10.1. The maximum absolute atomic E-state index is 4.53. The van der Waals surface area contributed by atoms with Crippen molar-refractivity contribution in [2.45, 2.75) is 52.2 Å². The minimum absolute atomic E-state index is 0.630. The summed E-state index contributed by atoms with van der Waals surface area (Å²) >= 11 is 0. The van der Waals surface area contributed by atoms with Crippen LogP contribution in [0.2, 0.25) is 0 Å².